The first-order valence-electron chi connectivity index (χ1n) is 5.49. The van der Waals surface area contributed by atoms with Crippen molar-refractivity contribution in [3.63, 3.8) is 0 Å². The normalized spacial score (nSPS) is 10.0. The monoisotopic (exact) mass is 281 g/mol. The zero-order valence-electron chi connectivity index (χ0n) is 10.2. The molecule has 1 N–H and O–H groups in total. The van der Waals surface area contributed by atoms with Crippen LogP contribution in [0.3, 0.4) is 0 Å². The fraction of sp³-hybridized carbons (Fsp3) is 0.154. The molecule has 0 atom stereocenters. The number of methoxy groups -OCH3 is 1. The maximum absolute atomic E-state index is 11.6. The molecule has 1 aromatic heterocycles. The Bertz CT molecular complexity index is 554. The third kappa shape index (κ3) is 3.66. The van der Waals surface area contributed by atoms with E-state index in [1.807, 2.05) is 0 Å². The Morgan fingerprint density at radius 3 is 2.95 bits per heavy atom. The molecule has 0 aliphatic rings. The molecule has 2 aromatic rings. The van der Waals surface area contributed by atoms with Crippen molar-refractivity contribution < 1.29 is 18.7 Å². The lowest BCUT2D eigenvalue weighted by Crippen LogP contribution is -2.14. The van der Waals surface area contributed by atoms with E-state index in [9.17, 15) is 4.79 Å². The number of halogens is 1. The molecule has 6 heteroatoms. The molecule has 0 aliphatic heterocycles. The van der Waals surface area contributed by atoms with Crippen molar-refractivity contribution in [1.82, 2.24) is 0 Å². The van der Waals surface area contributed by atoms with E-state index in [2.05, 4.69) is 5.32 Å². The fourth-order valence-corrected chi connectivity index (χ4v) is 1.61. The quantitative estimate of drug-likeness (QED) is 0.928. The van der Waals surface area contributed by atoms with Crippen molar-refractivity contribution in [2.45, 2.75) is 6.61 Å². The molecule has 100 valence electrons. The molecule has 5 nitrogen and oxygen atoms in total. The van der Waals surface area contributed by atoms with Crippen LogP contribution in [0.2, 0.25) is 5.02 Å². The highest BCUT2D eigenvalue weighted by Crippen LogP contribution is 2.27. The minimum absolute atomic E-state index is 0.0642. The summed E-state index contributed by atoms with van der Waals surface area (Å²) in [5, 5.41) is 3.08. The second-order valence-corrected chi connectivity index (χ2v) is 4.06. The molecule has 2 rings (SSSR count). The van der Waals surface area contributed by atoms with E-state index in [1.54, 1.807) is 30.3 Å². The number of rotatable bonds is 4. The van der Waals surface area contributed by atoms with Gasteiger partial charge in [-0.2, -0.15) is 0 Å². The highest BCUT2D eigenvalue weighted by molar-refractivity contribution is 6.30. The lowest BCUT2D eigenvalue weighted by Gasteiger charge is -2.10. The Hall–Kier alpha value is -2.14. The van der Waals surface area contributed by atoms with E-state index < -0.39 is 6.09 Å². The predicted octanol–water partition coefficient (Wildman–Crippen LogP) is 3.69. The van der Waals surface area contributed by atoms with Crippen LogP contribution < -0.4 is 10.1 Å². The molecule has 0 unspecified atom stereocenters. The number of benzene rings is 1. The number of furan rings is 1. The Morgan fingerprint density at radius 2 is 2.26 bits per heavy atom. The topological polar surface area (TPSA) is 60.7 Å². The summed E-state index contributed by atoms with van der Waals surface area (Å²) in [6, 6.07) is 8.32. The Morgan fingerprint density at radius 1 is 1.42 bits per heavy atom. The zero-order chi connectivity index (χ0) is 13.7. The molecule has 0 saturated carbocycles. The molecule has 0 fully saturated rings. The minimum Gasteiger partial charge on any atom is -0.495 e. The number of ether oxygens (including phenoxy) is 2. The molecular weight excluding hydrogens is 270 g/mol. The Labute approximate surface area is 115 Å². The standard InChI is InChI=1S/C13H12ClNO4/c1-17-12-7-9(14)4-5-11(12)15-13(16)19-8-10-3-2-6-18-10/h2-7H,8H2,1H3,(H,15,16). The van der Waals surface area contributed by atoms with E-state index in [-0.39, 0.29) is 6.61 Å². The third-order valence-corrected chi connectivity index (χ3v) is 2.56. The van der Waals surface area contributed by atoms with Gasteiger partial charge < -0.3 is 13.9 Å². The van der Waals surface area contributed by atoms with Crippen LogP contribution in [-0.2, 0) is 11.3 Å². The number of anilines is 1. The van der Waals surface area contributed by atoms with Gasteiger partial charge in [-0.1, -0.05) is 11.6 Å². The first-order chi connectivity index (χ1) is 9.19. The van der Waals surface area contributed by atoms with Crippen molar-refractivity contribution in [2.75, 3.05) is 12.4 Å². The first-order valence-corrected chi connectivity index (χ1v) is 5.86. The van der Waals surface area contributed by atoms with Gasteiger partial charge in [0.25, 0.3) is 0 Å². The summed E-state index contributed by atoms with van der Waals surface area (Å²) >= 11 is 5.82. The molecule has 0 saturated heterocycles. The van der Waals surface area contributed by atoms with Gasteiger partial charge in [0.2, 0.25) is 0 Å². The van der Waals surface area contributed by atoms with Crippen LogP contribution >= 0.6 is 11.6 Å². The Kier molecular flexibility index (Phi) is 4.30. The highest BCUT2D eigenvalue weighted by atomic mass is 35.5. The average molecular weight is 282 g/mol. The summed E-state index contributed by atoms with van der Waals surface area (Å²) in [6.45, 7) is 0.0642. The Balaban J connectivity index is 1.95. The van der Waals surface area contributed by atoms with E-state index in [1.165, 1.54) is 13.4 Å². The molecular formula is C13H12ClNO4. The van der Waals surface area contributed by atoms with Gasteiger partial charge in [-0.15, -0.1) is 0 Å². The van der Waals surface area contributed by atoms with Crippen LogP contribution in [0.15, 0.2) is 41.0 Å². The van der Waals surface area contributed by atoms with Gasteiger partial charge in [-0.3, -0.25) is 5.32 Å². The van der Waals surface area contributed by atoms with E-state index >= 15 is 0 Å². The third-order valence-electron chi connectivity index (χ3n) is 2.33. The molecule has 1 aromatic carbocycles. The van der Waals surface area contributed by atoms with Crippen LogP contribution in [0.5, 0.6) is 5.75 Å². The van der Waals surface area contributed by atoms with Crippen LogP contribution in [0.1, 0.15) is 5.76 Å². The molecule has 0 bridgehead atoms. The van der Waals surface area contributed by atoms with Gasteiger partial charge >= 0.3 is 6.09 Å². The largest absolute Gasteiger partial charge is 0.495 e. The van der Waals surface area contributed by atoms with Gasteiger partial charge in [-0.25, -0.2) is 4.79 Å². The summed E-state index contributed by atoms with van der Waals surface area (Å²) in [5.41, 5.74) is 0.483. The zero-order valence-corrected chi connectivity index (χ0v) is 10.9. The summed E-state index contributed by atoms with van der Waals surface area (Å²) < 4.78 is 15.1. The molecule has 19 heavy (non-hydrogen) atoms. The first kappa shape index (κ1) is 13.3. The lowest BCUT2D eigenvalue weighted by atomic mass is 10.3. The summed E-state index contributed by atoms with van der Waals surface area (Å²) in [5.74, 6) is 1.03. The number of nitrogens with one attached hydrogen (secondary N) is 1. The summed E-state index contributed by atoms with van der Waals surface area (Å²) in [4.78, 5) is 11.6. The van der Waals surface area contributed by atoms with Crippen molar-refractivity contribution >= 4 is 23.4 Å². The molecule has 0 radical (unpaired) electrons. The van der Waals surface area contributed by atoms with Crippen molar-refractivity contribution in [3.05, 3.63) is 47.4 Å². The lowest BCUT2D eigenvalue weighted by molar-refractivity contribution is 0.146. The number of amides is 1. The van der Waals surface area contributed by atoms with Gasteiger partial charge in [0.1, 0.15) is 11.5 Å². The number of carbonyl (C=O) groups excluding carboxylic acids is 1. The van der Waals surface area contributed by atoms with Crippen molar-refractivity contribution in [2.24, 2.45) is 0 Å². The number of hydrogen-bond acceptors (Lipinski definition) is 4. The van der Waals surface area contributed by atoms with Gasteiger partial charge in [0.05, 0.1) is 19.1 Å². The SMILES string of the molecule is COc1cc(Cl)ccc1NC(=O)OCc1ccco1. The van der Waals surface area contributed by atoms with Crippen molar-refractivity contribution in [1.29, 1.82) is 0 Å². The minimum atomic E-state index is -0.600. The van der Waals surface area contributed by atoms with Gasteiger partial charge in [0, 0.05) is 11.1 Å². The maximum Gasteiger partial charge on any atom is 0.412 e. The van der Waals surface area contributed by atoms with Gasteiger partial charge in [0.15, 0.2) is 6.61 Å². The van der Waals surface area contributed by atoms with E-state index in [4.69, 9.17) is 25.5 Å². The molecule has 1 amide bonds. The van der Waals surface area contributed by atoms with E-state index in [0.29, 0.717) is 22.2 Å². The predicted molar refractivity (Wildman–Crippen MR) is 70.5 cm³/mol. The highest BCUT2D eigenvalue weighted by Gasteiger charge is 2.09. The summed E-state index contributed by atoms with van der Waals surface area (Å²) in [6.07, 6.45) is 0.913. The maximum atomic E-state index is 11.6. The van der Waals surface area contributed by atoms with Crippen LogP contribution in [-0.4, -0.2) is 13.2 Å². The van der Waals surface area contributed by atoms with Crippen molar-refractivity contribution in [3.8, 4) is 5.75 Å². The second-order valence-electron chi connectivity index (χ2n) is 3.63. The number of carbonyl (C=O) groups is 1. The number of hydrogen-bond donors (Lipinski definition) is 1. The van der Waals surface area contributed by atoms with Crippen LogP contribution in [0, 0.1) is 0 Å². The summed E-state index contributed by atoms with van der Waals surface area (Å²) in [7, 11) is 1.49. The average Bonchev–Trinajstić information content (AvgIpc) is 2.91. The van der Waals surface area contributed by atoms with Crippen LogP contribution in [0.25, 0.3) is 0 Å². The van der Waals surface area contributed by atoms with Gasteiger partial charge in [-0.05, 0) is 24.3 Å². The van der Waals surface area contributed by atoms with Crippen LogP contribution in [0.4, 0.5) is 10.5 Å². The fourth-order valence-electron chi connectivity index (χ4n) is 1.45. The molecule has 0 spiro atoms. The molecule has 0 aliphatic carbocycles. The van der Waals surface area contributed by atoms with E-state index in [0.717, 1.165) is 0 Å². The smallest absolute Gasteiger partial charge is 0.412 e. The molecule has 1 heterocycles. The second kappa shape index (κ2) is 6.15.